The van der Waals surface area contributed by atoms with E-state index in [9.17, 15) is 19.8 Å². The van der Waals surface area contributed by atoms with Gasteiger partial charge in [-0.3, -0.25) is 9.69 Å². The van der Waals surface area contributed by atoms with Crippen LogP contribution in [-0.2, 0) is 14.3 Å². The van der Waals surface area contributed by atoms with Crippen molar-refractivity contribution in [2.75, 3.05) is 33.4 Å². The number of rotatable bonds is 26. The highest BCUT2D eigenvalue weighted by Gasteiger charge is 2.17. The van der Waals surface area contributed by atoms with Crippen LogP contribution in [0.1, 0.15) is 128 Å². The van der Waals surface area contributed by atoms with E-state index < -0.39 is 18.2 Å². The molecule has 0 spiro atoms. The summed E-state index contributed by atoms with van der Waals surface area (Å²) in [4.78, 5) is 26.6. The van der Waals surface area contributed by atoms with Crippen LogP contribution >= 0.6 is 0 Å². The van der Waals surface area contributed by atoms with Gasteiger partial charge in [-0.05, 0) is 74.9 Å². The Bertz CT molecular complexity index is 949. The summed E-state index contributed by atoms with van der Waals surface area (Å²) in [5.41, 5.74) is 1.46. The van der Waals surface area contributed by atoms with Crippen molar-refractivity contribution in [2.24, 2.45) is 0 Å². The number of carbonyl (C=O) groups excluding carboxylic acids is 2. The van der Waals surface area contributed by atoms with E-state index in [2.05, 4.69) is 18.7 Å². The van der Waals surface area contributed by atoms with Crippen LogP contribution in [-0.4, -0.2) is 72.6 Å². The Morgan fingerprint density at radius 1 is 0.841 bits per heavy atom. The molecule has 0 fully saturated rings. The molecule has 0 saturated heterocycles. The zero-order chi connectivity index (χ0) is 32.6. The largest absolute Gasteiger partial charge is 0.493 e. The van der Waals surface area contributed by atoms with E-state index in [1.54, 1.807) is 12.1 Å². The number of hydrogen-bond acceptors (Lipinski definition) is 8. The van der Waals surface area contributed by atoms with E-state index in [1.807, 2.05) is 19.9 Å². The first-order valence-corrected chi connectivity index (χ1v) is 17.1. The molecular weight excluding hydrogens is 558 g/mol. The second-order valence-electron chi connectivity index (χ2n) is 11.9. The van der Waals surface area contributed by atoms with Crippen LogP contribution in [0.5, 0.6) is 11.5 Å². The summed E-state index contributed by atoms with van der Waals surface area (Å²) in [5.74, 6) is 0.0404. The van der Waals surface area contributed by atoms with E-state index in [0.717, 1.165) is 56.1 Å². The highest BCUT2D eigenvalue weighted by atomic mass is 16.6. The lowest BCUT2D eigenvalue weighted by Crippen LogP contribution is -2.38. The Hall–Kier alpha value is -2.42. The van der Waals surface area contributed by atoms with Crippen molar-refractivity contribution in [3.05, 3.63) is 29.3 Å². The van der Waals surface area contributed by atoms with Crippen molar-refractivity contribution in [2.45, 2.75) is 136 Å². The SMILES string of the molecule is CCCCCCCCCCC(O)CN(CCCCC(=O)Oc1c(C)cc(/C=C/C(=O)OCCC)cc1OC)CC(O)CCC. The third-order valence-corrected chi connectivity index (χ3v) is 7.61. The van der Waals surface area contributed by atoms with E-state index >= 15 is 0 Å². The van der Waals surface area contributed by atoms with Crippen LogP contribution in [0, 0.1) is 6.92 Å². The van der Waals surface area contributed by atoms with Gasteiger partial charge in [0.15, 0.2) is 11.5 Å². The molecule has 8 nitrogen and oxygen atoms in total. The van der Waals surface area contributed by atoms with Gasteiger partial charge in [0.2, 0.25) is 0 Å². The van der Waals surface area contributed by atoms with Crippen LogP contribution < -0.4 is 9.47 Å². The van der Waals surface area contributed by atoms with Gasteiger partial charge in [-0.2, -0.15) is 0 Å². The van der Waals surface area contributed by atoms with Crippen LogP contribution in [0.15, 0.2) is 18.2 Å². The second kappa shape index (κ2) is 24.8. The molecule has 0 bridgehead atoms. The third-order valence-electron chi connectivity index (χ3n) is 7.61. The molecular formula is C36H61NO7. The highest BCUT2D eigenvalue weighted by molar-refractivity contribution is 5.87. The number of ether oxygens (including phenoxy) is 3. The van der Waals surface area contributed by atoms with Gasteiger partial charge in [0.05, 0.1) is 25.9 Å². The van der Waals surface area contributed by atoms with Crippen molar-refractivity contribution in [1.82, 2.24) is 4.90 Å². The normalized spacial score (nSPS) is 12.9. The fraction of sp³-hybridized carbons (Fsp3) is 0.722. The van der Waals surface area contributed by atoms with Crippen molar-refractivity contribution in [1.29, 1.82) is 0 Å². The molecule has 0 aromatic heterocycles. The average Bonchev–Trinajstić information content (AvgIpc) is 2.99. The fourth-order valence-electron chi connectivity index (χ4n) is 5.21. The Morgan fingerprint density at radius 3 is 2.14 bits per heavy atom. The van der Waals surface area contributed by atoms with Crippen molar-refractivity contribution in [3.63, 3.8) is 0 Å². The Morgan fingerprint density at radius 2 is 1.50 bits per heavy atom. The molecule has 2 atom stereocenters. The van der Waals surface area contributed by atoms with Gasteiger partial charge in [0, 0.05) is 25.6 Å². The molecule has 0 amide bonds. The maximum absolute atomic E-state index is 12.7. The number of esters is 2. The van der Waals surface area contributed by atoms with Gasteiger partial charge in [-0.15, -0.1) is 0 Å². The standard InChI is InChI=1S/C36H61NO7/c1-6-9-10-11-12-13-14-15-19-32(39)28-37(27-31(38)18-7-2)23-17-16-20-35(41)44-36-29(4)25-30(26-33(36)42-5)21-22-34(40)43-24-8-3/h21-22,25-26,31-32,38-39H,6-20,23-24,27-28H2,1-5H3/b22-21+. The molecule has 1 aromatic rings. The van der Waals surface area contributed by atoms with Gasteiger partial charge in [-0.1, -0.05) is 78.6 Å². The molecule has 252 valence electrons. The lowest BCUT2D eigenvalue weighted by atomic mass is 10.1. The number of methoxy groups -OCH3 is 1. The number of benzene rings is 1. The lowest BCUT2D eigenvalue weighted by molar-refractivity contribution is -0.137. The summed E-state index contributed by atoms with van der Waals surface area (Å²) in [6.45, 7) is 10.2. The van der Waals surface area contributed by atoms with E-state index in [0.29, 0.717) is 44.2 Å². The molecule has 0 aliphatic heterocycles. The van der Waals surface area contributed by atoms with E-state index in [4.69, 9.17) is 14.2 Å². The maximum atomic E-state index is 12.7. The predicted octanol–water partition coefficient (Wildman–Crippen LogP) is 7.40. The smallest absolute Gasteiger partial charge is 0.330 e. The number of aliphatic hydroxyl groups is 2. The van der Waals surface area contributed by atoms with Gasteiger partial charge in [-0.25, -0.2) is 4.79 Å². The molecule has 44 heavy (non-hydrogen) atoms. The molecule has 8 heteroatoms. The average molecular weight is 620 g/mol. The molecule has 2 N–H and O–H groups in total. The Kier molecular flexibility index (Phi) is 22.4. The minimum atomic E-state index is -0.421. The Labute approximate surface area is 267 Å². The fourth-order valence-corrected chi connectivity index (χ4v) is 5.21. The summed E-state index contributed by atoms with van der Waals surface area (Å²) >= 11 is 0. The van der Waals surface area contributed by atoms with Crippen molar-refractivity contribution < 1.29 is 34.0 Å². The zero-order valence-corrected chi connectivity index (χ0v) is 28.3. The van der Waals surface area contributed by atoms with Gasteiger partial charge in [0.25, 0.3) is 0 Å². The second-order valence-corrected chi connectivity index (χ2v) is 11.9. The molecule has 1 aromatic carbocycles. The van der Waals surface area contributed by atoms with Gasteiger partial charge < -0.3 is 24.4 Å². The van der Waals surface area contributed by atoms with E-state index in [-0.39, 0.29) is 12.4 Å². The molecule has 0 saturated carbocycles. The molecule has 2 unspecified atom stereocenters. The topological polar surface area (TPSA) is 106 Å². The molecule has 0 radical (unpaired) electrons. The van der Waals surface area contributed by atoms with Gasteiger partial charge in [0.1, 0.15) is 0 Å². The Balaban J connectivity index is 2.56. The van der Waals surface area contributed by atoms with Crippen LogP contribution in [0.25, 0.3) is 6.08 Å². The summed E-state index contributed by atoms with van der Waals surface area (Å²) in [7, 11) is 1.51. The van der Waals surface area contributed by atoms with Crippen LogP contribution in [0.2, 0.25) is 0 Å². The molecule has 0 heterocycles. The van der Waals surface area contributed by atoms with Crippen molar-refractivity contribution >= 4 is 18.0 Å². The van der Waals surface area contributed by atoms with Gasteiger partial charge >= 0.3 is 11.9 Å². The number of nitrogens with zero attached hydrogens (tertiary/aromatic N) is 1. The highest BCUT2D eigenvalue weighted by Crippen LogP contribution is 2.33. The van der Waals surface area contributed by atoms with Crippen molar-refractivity contribution in [3.8, 4) is 11.5 Å². The monoisotopic (exact) mass is 619 g/mol. The van der Waals surface area contributed by atoms with Crippen LogP contribution in [0.3, 0.4) is 0 Å². The minimum absolute atomic E-state index is 0.250. The number of unbranched alkanes of at least 4 members (excludes halogenated alkanes) is 8. The summed E-state index contributed by atoms with van der Waals surface area (Å²) < 4.78 is 16.2. The first-order chi connectivity index (χ1) is 21.2. The number of aliphatic hydroxyl groups excluding tert-OH is 2. The summed E-state index contributed by atoms with van der Waals surface area (Å²) in [5, 5.41) is 21.1. The number of aryl methyl sites for hydroxylation is 1. The van der Waals surface area contributed by atoms with Crippen LogP contribution in [0.4, 0.5) is 0 Å². The molecule has 0 aliphatic rings. The molecule has 0 aliphatic carbocycles. The lowest BCUT2D eigenvalue weighted by Gasteiger charge is -2.27. The quantitative estimate of drug-likeness (QED) is 0.0478. The first-order valence-electron chi connectivity index (χ1n) is 17.1. The maximum Gasteiger partial charge on any atom is 0.330 e. The number of hydrogen-bond donors (Lipinski definition) is 2. The molecule has 1 rings (SSSR count). The first kappa shape index (κ1) is 39.6. The summed E-state index contributed by atoms with van der Waals surface area (Å²) in [6.07, 6.45) is 16.9. The predicted molar refractivity (Wildman–Crippen MR) is 178 cm³/mol. The zero-order valence-electron chi connectivity index (χ0n) is 28.3. The summed E-state index contributed by atoms with van der Waals surface area (Å²) in [6, 6.07) is 3.55. The van der Waals surface area contributed by atoms with E-state index in [1.165, 1.54) is 51.7 Å². The number of carbonyl (C=O) groups is 2. The minimum Gasteiger partial charge on any atom is -0.493 e. The third kappa shape index (κ3) is 18.4.